The van der Waals surface area contributed by atoms with Gasteiger partial charge in [-0.2, -0.15) is 4.39 Å². The second-order valence-corrected chi connectivity index (χ2v) is 3.40. The summed E-state index contributed by atoms with van der Waals surface area (Å²) in [6.07, 6.45) is 1.52. The van der Waals surface area contributed by atoms with E-state index in [0.29, 0.717) is 0 Å². The predicted molar refractivity (Wildman–Crippen MR) is 41.5 cm³/mol. The minimum atomic E-state index is -0.433. The molecule has 0 aromatic carbocycles. The zero-order valence-corrected chi connectivity index (χ0v) is 7.10. The van der Waals surface area contributed by atoms with Crippen LogP contribution in [0.3, 0.4) is 0 Å². The minimum Gasteiger partial charge on any atom is -0.228 e. The molecule has 0 spiro atoms. The van der Waals surface area contributed by atoms with E-state index >= 15 is 0 Å². The molecule has 1 aromatic heterocycles. The Bertz CT molecular complexity index is 207. The van der Waals surface area contributed by atoms with E-state index in [2.05, 4.69) is 20.9 Å². The second kappa shape index (κ2) is 3.10. The first-order valence-corrected chi connectivity index (χ1v) is 3.87. The summed E-state index contributed by atoms with van der Waals surface area (Å²) < 4.78 is 12.2. The maximum Gasteiger partial charge on any atom is 0.212 e. The zero-order chi connectivity index (χ0) is 7.56. The molecule has 0 aliphatic carbocycles. The third-order valence-corrected chi connectivity index (χ3v) is 1.74. The van der Waals surface area contributed by atoms with Crippen LogP contribution in [0, 0.1) is 5.95 Å². The van der Waals surface area contributed by atoms with E-state index in [4.69, 9.17) is 0 Å². The van der Waals surface area contributed by atoms with Gasteiger partial charge in [-0.3, -0.25) is 0 Å². The van der Waals surface area contributed by atoms with Crippen molar-refractivity contribution in [2.45, 2.75) is 11.8 Å². The van der Waals surface area contributed by atoms with E-state index in [-0.39, 0.29) is 4.83 Å². The molecule has 54 valence electrons. The highest BCUT2D eigenvalue weighted by molar-refractivity contribution is 9.09. The van der Waals surface area contributed by atoms with Gasteiger partial charge in [0.2, 0.25) is 5.95 Å². The van der Waals surface area contributed by atoms with Crippen LogP contribution in [0.25, 0.3) is 0 Å². The number of aromatic nitrogens is 1. The standard InChI is InChI=1S/C7H7BrFN/c1-5(8)6-2-3-7(9)10-4-6/h2-5H,1H3/t5-/m1/s1. The third kappa shape index (κ3) is 1.77. The fraction of sp³-hybridized carbons (Fsp3) is 0.286. The van der Waals surface area contributed by atoms with E-state index in [1.807, 2.05) is 6.92 Å². The molecule has 0 aliphatic rings. The Morgan fingerprint density at radius 3 is 2.70 bits per heavy atom. The van der Waals surface area contributed by atoms with Crippen LogP contribution in [-0.2, 0) is 0 Å². The number of pyridine rings is 1. The summed E-state index contributed by atoms with van der Waals surface area (Å²) in [4.78, 5) is 3.74. The highest BCUT2D eigenvalue weighted by Crippen LogP contribution is 2.19. The van der Waals surface area contributed by atoms with Crippen LogP contribution in [0.15, 0.2) is 18.3 Å². The quantitative estimate of drug-likeness (QED) is 0.506. The van der Waals surface area contributed by atoms with Crippen molar-refractivity contribution >= 4 is 15.9 Å². The monoisotopic (exact) mass is 203 g/mol. The topological polar surface area (TPSA) is 12.9 Å². The number of hydrogen-bond acceptors (Lipinski definition) is 1. The average Bonchev–Trinajstić information content (AvgIpc) is 1.88. The lowest BCUT2D eigenvalue weighted by molar-refractivity contribution is 0.582. The first-order valence-electron chi connectivity index (χ1n) is 2.95. The summed E-state index contributed by atoms with van der Waals surface area (Å²) in [5, 5.41) is 0. The van der Waals surface area contributed by atoms with E-state index in [0.717, 1.165) is 5.56 Å². The number of nitrogens with zero attached hydrogens (tertiary/aromatic N) is 1. The van der Waals surface area contributed by atoms with E-state index in [9.17, 15) is 4.39 Å². The van der Waals surface area contributed by atoms with Gasteiger partial charge >= 0.3 is 0 Å². The molecule has 10 heavy (non-hydrogen) atoms. The minimum absolute atomic E-state index is 0.237. The Labute approximate surface area is 67.4 Å². The van der Waals surface area contributed by atoms with Gasteiger partial charge in [-0.25, -0.2) is 4.98 Å². The molecule has 3 heteroatoms. The molecule has 0 radical (unpaired) electrons. The summed E-state index contributed by atoms with van der Waals surface area (Å²) in [6.45, 7) is 1.97. The lowest BCUT2D eigenvalue weighted by Gasteiger charge is -1.99. The van der Waals surface area contributed by atoms with Crippen molar-refractivity contribution in [3.8, 4) is 0 Å². The molecule has 0 bridgehead atoms. The number of rotatable bonds is 1. The van der Waals surface area contributed by atoms with E-state index in [1.54, 1.807) is 6.07 Å². The molecule has 1 rings (SSSR count). The van der Waals surface area contributed by atoms with Crippen molar-refractivity contribution in [3.05, 3.63) is 29.8 Å². The van der Waals surface area contributed by atoms with Crippen molar-refractivity contribution in [2.24, 2.45) is 0 Å². The van der Waals surface area contributed by atoms with Gasteiger partial charge in [0.15, 0.2) is 0 Å². The van der Waals surface area contributed by atoms with Crippen LogP contribution < -0.4 is 0 Å². The number of alkyl halides is 1. The van der Waals surface area contributed by atoms with Crippen LogP contribution in [-0.4, -0.2) is 4.98 Å². The van der Waals surface area contributed by atoms with Gasteiger partial charge in [0.05, 0.1) is 0 Å². The highest BCUT2D eigenvalue weighted by Gasteiger charge is 1.99. The summed E-state index contributed by atoms with van der Waals surface area (Å²) >= 11 is 3.34. The van der Waals surface area contributed by atoms with Gasteiger partial charge < -0.3 is 0 Å². The maximum absolute atomic E-state index is 12.2. The molecule has 0 unspecified atom stereocenters. The first kappa shape index (κ1) is 7.66. The Morgan fingerprint density at radius 1 is 1.60 bits per heavy atom. The van der Waals surface area contributed by atoms with Crippen LogP contribution >= 0.6 is 15.9 Å². The fourth-order valence-corrected chi connectivity index (χ4v) is 0.893. The highest BCUT2D eigenvalue weighted by atomic mass is 79.9. The number of hydrogen-bond donors (Lipinski definition) is 0. The van der Waals surface area contributed by atoms with Crippen LogP contribution in [0.2, 0.25) is 0 Å². The largest absolute Gasteiger partial charge is 0.228 e. The van der Waals surface area contributed by atoms with Crippen molar-refractivity contribution < 1.29 is 4.39 Å². The van der Waals surface area contributed by atoms with Crippen LogP contribution in [0.1, 0.15) is 17.3 Å². The molecular weight excluding hydrogens is 197 g/mol. The van der Waals surface area contributed by atoms with Crippen LogP contribution in [0.4, 0.5) is 4.39 Å². The van der Waals surface area contributed by atoms with Crippen molar-refractivity contribution in [1.29, 1.82) is 0 Å². The average molecular weight is 204 g/mol. The molecule has 0 saturated carbocycles. The van der Waals surface area contributed by atoms with E-state index in [1.165, 1.54) is 12.3 Å². The molecule has 1 heterocycles. The predicted octanol–water partition coefficient (Wildman–Crippen LogP) is 2.68. The summed E-state index contributed by atoms with van der Waals surface area (Å²) in [6, 6.07) is 3.06. The lowest BCUT2D eigenvalue weighted by atomic mass is 10.2. The van der Waals surface area contributed by atoms with Gasteiger partial charge in [-0.15, -0.1) is 0 Å². The van der Waals surface area contributed by atoms with Crippen molar-refractivity contribution in [3.63, 3.8) is 0 Å². The van der Waals surface area contributed by atoms with Gasteiger partial charge in [0.1, 0.15) is 0 Å². The Balaban J connectivity index is 2.89. The molecule has 0 aliphatic heterocycles. The lowest BCUT2D eigenvalue weighted by Crippen LogP contribution is -1.87. The van der Waals surface area contributed by atoms with Gasteiger partial charge in [-0.05, 0) is 18.6 Å². The zero-order valence-electron chi connectivity index (χ0n) is 5.51. The van der Waals surface area contributed by atoms with Crippen molar-refractivity contribution in [1.82, 2.24) is 4.98 Å². The van der Waals surface area contributed by atoms with Crippen molar-refractivity contribution in [2.75, 3.05) is 0 Å². The first-order chi connectivity index (χ1) is 4.70. The Hall–Kier alpha value is -0.440. The summed E-state index contributed by atoms with van der Waals surface area (Å²) in [5.41, 5.74) is 0.987. The normalized spacial score (nSPS) is 13.1. The van der Waals surface area contributed by atoms with Gasteiger partial charge in [-0.1, -0.05) is 22.0 Å². The molecule has 1 atom stereocenters. The maximum atomic E-state index is 12.2. The molecule has 0 fully saturated rings. The molecule has 1 aromatic rings. The Kier molecular flexibility index (Phi) is 2.38. The second-order valence-electron chi connectivity index (χ2n) is 2.03. The van der Waals surface area contributed by atoms with Gasteiger partial charge in [0, 0.05) is 11.0 Å². The molecule has 1 nitrogen and oxygen atoms in total. The summed E-state index contributed by atoms with van der Waals surface area (Å²) in [7, 11) is 0. The third-order valence-electron chi connectivity index (χ3n) is 1.21. The smallest absolute Gasteiger partial charge is 0.212 e. The Morgan fingerprint density at radius 2 is 2.30 bits per heavy atom. The van der Waals surface area contributed by atoms with Gasteiger partial charge in [0.25, 0.3) is 0 Å². The fourth-order valence-electron chi connectivity index (χ4n) is 0.623. The molecular formula is C7H7BrFN. The number of halogens is 2. The van der Waals surface area contributed by atoms with Crippen LogP contribution in [0.5, 0.6) is 0 Å². The van der Waals surface area contributed by atoms with E-state index < -0.39 is 5.95 Å². The molecule has 0 saturated heterocycles. The molecule has 0 N–H and O–H groups in total. The molecule has 0 amide bonds. The summed E-state index contributed by atoms with van der Waals surface area (Å²) in [5.74, 6) is -0.433. The SMILES string of the molecule is C[C@@H](Br)c1ccc(F)nc1.